The first kappa shape index (κ1) is 16.3. The Kier molecular flexibility index (Phi) is 4.12. The molecule has 0 spiro atoms. The van der Waals surface area contributed by atoms with Crippen LogP contribution in [0.1, 0.15) is 17.3 Å². The Labute approximate surface area is 143 Å². The van der Waals surface area contributed by atoms with Gasteiger partial charge >= 0.3 is 0 Å². The van der Waals surface area contributed by atoms with Gasteiger partial charge in [-0.1, -0.05) is 17.7 Å². The van der Waals surface area contributed by atoms with Crippen LogP contribution in [0.2, 0.25) is 5.02 Å². The summed E-state index contributed by atoms with van der Waals surface area (Å²) in [6.07, 6.45) is 0.915. The lowest BCUT2D eigenvalue weighted by atomic mass is 10.1. The number of thiophene rings is 1. The van der Waals surface area contributed by atoms with Gasteiger partial charge in [0.05, 0.1) is 22.8 Å². The van der Waals surface area contributed by atoms with Crippen molar-refractivity contribution < 1.29 is 17.9 Å². The number of sulfone groups is 1. The smallest absolute Gasteiger partial charge is 0.259 e. The summed E-state index contributed by atoms with van der Waals surface area (Å²) in [7, 11) is -3.32. The highest BCUT2D eigenvalue weighted by Gasteiger charge is 2.30. The van der Waals surface area contributed by atoms with E-state index in [1.54, 1.807) is 28.5 Å². The van der Waals surface area contributed by atoms with Gasteiger partial charge in [-0.15, -0.1) is 11.3 Å². The lowest BCUT2D eigenvalue weighted by molar-refractivity contribution is 0.0961. The maximum absolute atomic E-state index is 12.8. The Balaban J connectivity index is 2.01. The fourth-order valence-electron chi connectivity index (χ4n) is 2.39. The van der Waals surface area contributed by atoms with E-state index in [-0.39, 0.29) is 16.2 Å². The second-order valence-corrected chi connectivity index (χ2v) is 8.92. The van der Waals surface area contributed by atoms with E-state index in [0.29, 0.717) is 28.6 Å². The highest BCUT2D eigenvalue weighted by molar-refractivity contribution is 7.92. The average molecular weight is 372 g/mol. The fraction of sp³-hybridized carbons (Fsp3) is 0.267. The van der Waals surface area contributed by atoms with Crippen LogP contribution in [0.3, 0.4) is 0 Å². The molecule has 0 aliphatic carbocycles. The molecule has 0 N–H and O–H groups in total. The molecule has 2 heterocycles. The minimum atomic E-state index is -3.32. The van der Waals surface area contributed by atoms with Crippen molar-refractivity contribution in [2.75, 3.05) is 17.7 Å². The van der Waals surface area contributed by atoms with Crippen LogP contribution >= 0.6 is 22.9 Å². The summed E-state index contributed by atoms with van der Waals surface area (Å²) in [5.41, 5.74) is 0.933. The Hall–Kier alpha value is -1.57. The van der Waals surface area contributed by atoms with Crippen LogP contribution in [0.15, 0.2) is 33.9 Å². The molecular formula is C15H14ClNO4S2. The standard InChI is InChI=1S/C15H14ClNO4S2/c1-9-7-17(12-5-3-4-11(16)14(12)21-9)15(18)10-6-13(22-8-10)23(2,19)20/h3-6,8-9H,7H2,1-2H3. The highest BCUT2D eigenvalue weighted by atomic mass is 35.5. The van der Waals surface area contributed by atoms with E-state index in [0.717, 1.165) is 17.6 Å². The number of hydrogen-bond donors (Lipinski definition) is 0. The monoisotopic (exact) mass is 371 g/mol. The van der Waals surface area contributed by atoms with Crippen molar-refractivity contribution in [1.29, 1.82) is 0 Å². The first-order valence-electron chi connectivity index (χ1n) is 6.83. The van der Waals surface area contributed by atoms with E-state index in [9.17, 15) is 13.2 Å². The number of ether oxygens (including phenoxy) is 1. The first-order valence-corrected chi connectivity index (χ1v) is 9.98. The van der Waals surface area contributed by atoms with Gasteiger partial charge in [-0.25, -0.2) is 8.42 Å². The fourth-order valence-corrected chi connectivity index (χ4v) is 4.40. The third-order valence-corrected chi connectivity index (χ3v) is 6.49. The van der Waals surface area contributed by atoms with E-state index in [1.807, 2.05) is 6.92 Å². The van der Waals surface area contributed by atoms with Gasteiger partial charge in [0, 0.05) is 11.6 Å². The van der Waals surface area contributed by atoms with Crippen LogP contribution in [0.4, 0.5) is 5.69 Å². The summed E-state index contributed by atoms with van der Waals surface area (Å²) in [6, 6.07) is 6.62. The topological polar surface area (TPSA) is 63.7 Å². The van der Waals surface area contributed by atoms with Crippen LogP contribution in [-0.4, -0.2) is 33.2 Å². The van der Waals surface area contributed by atoms with Gasteiger partial charge in [-0.05, 0) is 25.1 Å². The quantitative estimate of drug-likeness (QED) is 0.813. The number of benzene rings is 1. The second kappa shape index (κ2) is 5.81. The minimum absolute atomic E-state index is 0.175. The summed E-state index contributed by atoms with van der Waals surface area (Å²) in [6.45, 7) is 2.22. The SMILES string of the molecule is CC1CN(C(=O)c2csc(S(C)(=O)=O)c2)c2cccc(Cl)c2O1. The van der Waals surface area contributed by atoms with Crippen LogP contribution in [0.25, 0.3) is 0 Å². The maximum Gasteiger partial charge on any atom is 0.259 e. The van der Waals surface area contributed by atoms with Gasteiger partial charge in [-0.3, -0.25) is 4.79 Å². The molecule has 122 valence electrons. The van der Waals surface area contributed by atoms with Crippen LogP contribution < -0.4 is 9.64 Å². The number of carbonyl (C=O) groups is 1. The van der Waals surface area contributed by atoms with Gasteiger partial charge < -0.3 is 9.64 Å². The second-order valence-electron chi connectivity index (χ2n) is 5.36. The summed E-state index contributed by atoms with van der Waals surface area (Å²) in [5.74, 6) is 0.203. The van der Waals surface area contributed by atoms with Crippen molar-refractivity contribution >= 4 is 44.4 Å². The van der Waals surface area contributed by atoms with Gasteiger partial charge in [-0.2, -0.15) is 0 Å². The van der Waals surface area contributed by atoms with Gasteiger partial charge in [0.25, 0.3) is 5.91 Å². The molecule has 2 aromatic rings. The predicted molar refractivity (Wildman–Crippen MR) is 90.6 cm³/mol. The van der Waals surface area contributed by atoms with Crippen molar-refractivity contribution in [3.63, 3.8) is 0 Å². The van der Waals surface area contributed by atoms with Crippen molar-refractivity contribution in [3.05, 3.63) is 40.2 Å². The number of carbonyl (C=O) groups excluding carboxylic acids is 1. The summed E-state index contributed by atoms with van der Waals surface area (Å²) in [5, 5.41) is 2.00. The van der Waals surface area contributed by atoms with Crippen molar-refractivity contribution in [1.82, 2.24) is 0 Å². The first-order chi connectivity index (χ1) is 10.8. The molecule has 0 saturated carbocycles. The number of nitrogens with zero attached hydrogens (tertiary/aromatic N) is 1. The van der Waals surface area contributed by atoms with Crippen LogP contribution in [-0.2, 0) is 9.84 Å². The Morgan fingerprint density at radius 1 is 1.43 bits per heavy atom. The minimum Gasteiger partial charge on any atom is -0.485 e. The third kappa shape index (κ3) is 3.08. The Morgan fingerprint density at radius 3 is 2.83 bits per heavy atom. The molecule has 0 saturated heterocycles. The Bertz CT molecular complexity index is 875. The number of rotatable bonds is 2. The molecule has 1 atom stereocenters. The molecule has 0 bridgehead atoms. The van der Waals surface area contributed by atoms with E-state index >= 15 is 0 Å². The van der Waals surface area contributed by atoms with E-state index in [2.05, 4.69) is 0 Å². The van der Waals surface area contributed by atoms with Gasteiger partial charge in [0.1, 0.15) is 10.3 Å². The molecule has 23 heavy (non-hydrogen) atoms. The van der Waals surface area contributed by atoms with Crippen molar-refractivity contribution in [2.24, 2.45) is 0 Å². The molecule has 1 aromatic heterocycles. The maximum atomic E-state index is 12.8. The molecule has 1 aromatic carbocycles. The molecule has 8 heteroatoms. The largest absolute Gasteiger partial charge is 0.485 e. The molecule has 1 aliphatic heterocycles. The van der Waals surface area contributed by atoms with E-state index < -0.39 is 9.84 Å². The van der Waals surface area contributed by atoms with Gasteiger partial charge in [0.2, 0.25) is 0 Å². The molecule has 0 fully saturated rings. The average Bonchev–Trinajstić information content (AvgIpc) is 2.97. The zero-order chi connectivity index (χ0) is 16.8. The lowest BCUT2D eigenvalue weighted by Gasteiger charge is -2.33. The molecule has 1 unspecified atom stereocenters. The van der Waals surface area contributed by atoms with Crippen LogP contribution in [0.5, 0.6) is 5.75 Å². The summed E-state index contributed by atoms with van der Waals surface area (Å²) in [4.78, 5) is 14.4. The lowest BCUT2D eigenvalue weighted by Crippen LogP contribution is -2.42. The molecule has 1 aliphatic rings. The van der Waals surface area contributed by atoms with Crippen LogP contribution in [0, 0.1) is 0 Å². The zero-order valence-corrected chi connectivity index (χ0v) is 14.8. The summed E-state index contributed by atoms with van der Waals surface area (Å²) < 4.78 is 29.1. The number of amides is 1. The number of halogens is 1. The zero-order valence-electron chi connectivity index (χ0n) is 12.4. The third-order valence-electron chi connectivity index (χ3n) is 3.43. The van der Waals surface area contributed by atoms with E-state index in [4.69, 9.17) is 16.3 Å². The molecule has 3 rings (SSSR count). The molecule has 0 radical (unpaired) electrons. The highest BCUT2D eigenvalue weighted by Crippen LogP contribution is 2.40. The van der Waals surface area contributed by atoms with Gasteiger partial charge in [0.15, 0.2) is 15.6 Å². The normalized spacial score (nSPS) is 17.5. The summed E-state index contributed by atoms with van der Waals surface area (Å²) >= 11 is 7.19. The molecular weight excluding hydrogens is 358 g/mol. The molecule has 1 amide bonds. The number of fused-ring (bicyclic) bond motifs is 1. The Morgan fingerprint density at radius 2 is 2.17 bits per heavy atom. The number of para-hydroxylation sites is 1. The van der Waals surface area contributed by atoms with Crippen molar-refractivity contribution in [3.8, 4) is 5.75 Å². The molecule has 5 nitrogen and oxygen atoms in total. The predicted octanol–water partition coefficient (Wildman–Crippen LogP) is 3.23. The van der Waals surface area contributed by atoms with Crippen molar-refractivity contribution in [2.45, 2.75) is 17.2 Å². The van der Waals surface area contributed by atoms with E-state index in [1.165, 1.54) is 6.07 Å². The number of anilines is 1. The number of hydrogen-bond acceptors (Lipinski definition) is 5.